The second-order valence-corrected chi connectivity index (χ2v) is 23.1. The lowest BCUT2D eigenvalue weighted by Crippen LogP contribution is -2.75. The lowest BCUT2D eigenvalue weighted by atomic mass is 10.4. The summed E-state index contributed by atoms with van der Waals surface area (Å²) in [6.07, 6.45) is 3.64. The van der Waals surface area contributed by atoms with Gasteiger partial charge in [-0.1, -0.05) is 83.1 Å². The minimum Gasteiger partial charge on any atom is -0.407 e. The molecule has 0 N–H and O–H groups in total. The van der Waals surface area contributed by atoms with Gasteiger partial charge in [0.2, 0.25) is 0 Å². The normalized spacial score (nSPS) is 13.8. The van der Waals surface area contributed by atoms with E-state index in [0.29, 0.717) is 33.2 Å². The highest BCUT2D eigenvalue weighted by Gasteiger charge is 2.60. The van der Waals surface area contributed by atoms with E-state index in [9.17, 15) is 0 Å². The van der Waals surface area contributed by atoms with Crippen molar-refractivity contribution < 1.29 is 0 Å². The molecule has 0 aromatic heterocycles. The lowest BCUT2D eigenvalue weighted by molar-refractivity contribution is 0.742. The van der Waals surface area contributed by atoms with Gasteiger partial charge >= 0.3 is 0 Å². The zero-order valence-corrected chi connectivity index (χ0v) is 24.4. The summed E-state index contributed by atoms with van der Waals surface area (Å²) in [6, 6.07) is 0. The van der Waals surface area contributed by atoms with Crippen LogP contribution in [-0.4, -0.2) is 36.0 Å². The average molecular weight is 462 g/mol. The van der Waals surface area contributed by atoms with E-state index in [1.54, 1.807) is 6.33 Å². The van der Waals surface area contributed by atoms with Crippen LogP contribution >= 0.6 is 0 Å². The average Bonchev–Trinajstić information content (AvgIpc) is 3.08. The van der Waals surface area contributed by atoms with E-state index in [0.717, 1.165) is 11.5 Å². The molecule has 0 fully saturated rings. The first-order valence-corrected chi connectivity index (χ1v) is 16.6. The van der Waals surface area contributed by atoms with E-state index in [1.807, 2.05) is 6.33 Å². The molecule has 176 valence electrons. The molecule has 0 spiro atoms. The number of aryl methyl sites for hydroxylation is 1. The summed E-state index contributed by atoms with van der Waals surface area (Å²) in [6.45, 7) is 29.8. The van der Waals surface area contributed by atoms with Crippen molar-refractivity contribution in [2.75, 3.05) is 4.23 Å². The molecule has 31 heavy (non-hydrogen) atoms. The number of anilines is 1. The second kappa shape index (κ2) is 9.34. The number of hydrogen-bond acceptors (Lipinski definition) is 4. The van der Waals surface area contributed by atoms with Crippen molar-refractivity contribution in [3.63, 3.8) is 0 Å². The van der Waals surface area contributed by atoms with E-state index >= 15 is 0 Å². The van der Waals surface area contributed by atoms with E-state index in [2.05, 4.69) is 109 Å². The van der Waals surface area contributed by atoms with E-state index in [-0.39, 0.29) is 0 Å². The van der Waals surface area contributed by atoms with Gasteiger partial charge in [-0.05, 0) is 33.2 Å². The molecule has 0 radical (unpaired) electrons. The Bertz CT molecular complexity index is 750. The highest BCUT2D eigenvalue weighted by Crippen LogP contribution is 2.56. The highest BCUT2D eigenvalue weighted by atomic mass is 28.4. The van der Waals surface area contributed by atoms with Crippen LogP contribution < -0.4 is 4.23 Å². The topological polar surface area (TPSA) is 46.8 Å². The van der Waals surface area contributed by atoms with Crippen molar-refractivity contribution in [1.29, 1.82) is 0 Å². The maximum absolute atomic E-state index is 4.79. The second-order valence-electron chi connectivity index (χ2n) is 11.3. The Kier molecular flexibility index (Phi) is 7.84. The lowest BCUT2D eigenvalue weighted by Gasteiger charge is -2.64. The fourth-order valence-corrected chi connectivity index (χ4v) is 27.1. The van der Waals surface area contributed by atoms with Gasteiger partial charge in [0.1, 0.15) is 17.8 Å². The molecule has 0 aromatic carbocycles. The molecule has 0 saturated carbocycles. The maximum atomic E-state index is 4.79. The molecule has 0 atom stereocenters. The summed E-state index contributed by atoms with van der Waals surface area (Å²) in [7, 11) is -1.97. The Labute approximate surface area is 193 Å². The number of aromatic nitrogens is 4. The molecule has 0 aromatic rings. The standard InChI is InChI=1S/C24H47N5Si2/c1-16(2)30(17(3)4,18(5)6)29(31(19(7)8,20(9)10)21(11)12)24-22-23(26-14-25-22)27-15-28(24)13/h14-21H,1-13H3. The molecule has 5 nitrogen and oxygen atoms in total. The van der Waals surface area contributed by atoms with Crippen LogP contribution in [0.3, 0.4) is 0 Å². The minimum atomic E-state index is -2.06. The molecular weight excluding hydrogens is 414 g/mol. The number of imidazole rings is 1. The van der Waals surface area contributed by atoms with E-state index in [4.69, 9.17) is 4.98 Å². The molecule has 2 aliphatic rings. The minimum absolute atomic E-state index is 0.613. The van der Waals surface area contributed by atoms with Crippen LogP contribution in [0.25, 0.3) is 11.5 Å². The van der Waals surface area contributed by atoms with Crippen molar-refractivity contribution in [3.05, 3.63) is 12.7 Å². The van der Waals surface area contributed by atoms with Gasteiger partial charge < -0.3 is 8.80 Å². The van der Waals surface area contributed by atoms with E-state index < -0.39 is 16.5 Å². The van der Waals surface area contributed by atoms with E-state index in [1.165, 1.54) is 5.82 Å². The van der Waals surface area contributed by atoms with Crippen LogP contribution in [0.1, 0.15) is 83.1 Å². The largest absolute Gasteiger partial charge is 0.407 e. The zero-order chi connectivity index (χ0) is 23.9. The van der Waals surface area contributed by atoms with Gasteiger partial charge in [0.05, 0.1) is 6.33 Å². The van der Waals surface area contributed by atoms with Crippen molar-refractivity contribution in [2.45, 2.75) is 116 Å². The Morgan fingerprint density at radius 1 is 0.645 bits per heavy atom. The van der Waals surface area contributed by atoms with Gasteiger partial charge in [-0.25, -0.2) is 15.0 Å². The highest BCUT2D eigenvalue weighted by molar-refractivity contribution is 7.05. The van der Waals surface area contributed by atoms with Crippen molar-refractivity contribution in [3.8, 4) is 11.5 Å². The van der Waals surface area contributed by atoms with Crippen molar-refractivity contribution >= 4 is 22.3 Å². The number of hydrogen-bond donors (Lipinski definition) is 0. The first-order chi connectivity index (χ1) is 14.3. The van der Waals surface area contributed by atoms with Gasteiger partial charge in [0.25, 0.3) is 0 Å². The fourth-order valence-electron chi connectivity index (χ4n) is 7.39. The first kappa shape index (κ1) is 26.0. The third-order valence-corrected chi connectivity index (χ3v) is 23.4. The summed E-state index contributed by atoms with van der Waals surface area (Å²) in [5.41, 5.74) is 4.65. The van der Waals surface area contributed by atoms with Gasteiger partial charge in [-0.2, -0.15) is 0 Å². The summed E-state index contributed by atoms with van der Waals surface area (Å²) in [5, 5.41) is 0. The van der Waals surface area contributed by atoms with Crippen LogP contribution in [0.4, 0.5) is 5.82 Å². The number of rotatable bonds is 9. The van der Waals surface area contributed by atoms with Crippen molar-refractivity contribution in [2.24, 2.45) is 7.05 Å². The SMILES string of the molecule is CC(C)[Si](C(C)C)(C(C)C)N(c1c2ncnc-2ncn1C)[Si](C(C)C)(C(C)C)C(C)C. The van der Waals surface area contributed by atoms with Crippen LogP contribution in [0.5, 0.6) is 0 Å². The Balaban J connectivity index is 3.16. The molecule has 2 rings (SSSR count). The molecule has 7 heteroatoms. The molecular formula is C24H47N5Si2. The molecule has 0 unspecified atom stereocenters. The van der Waals surface area contributed by atoms with Crippen molar-refractivity contribution in [1.82, 2.24) is 19.5 Å². The monoisotopic (exact) mass is 461 g/mol. The first-order valence-electron chi connectivity index (χ1n) is 12.2. The Morgan fingerprint density at radius 3 is 1.39 bits per heavy atom. The summed E-state index contributed by atoms with van der Waals surface area (Å²) in [5.74, 6) is 2.05. The summed E-state index contributed by atoms with van der Waals surface area (Å²) < 4.78 is 5.35. The molecule has 0 amide bonds. The molecule has 0 bridgehead atoms. The number of nitrogens with zero attached hydrogens (tertiary/aromatic N) is 5. The van der Waals surface area contributed by atoms with Crippen LogP contribution in [0.2, 0.25) is 33.2 Å². The maximum Gasteiger partial charge on any atom is 0.184 e. The van der Waals surface area contributed by atoms with Crippen LogP contribution in [0.15, 0.2) is 12.7 Å². The van der Waals surface area contributed by atoms with Gasteiger partial charge in [-0.15, -0.1) is 0 Å². The van der Waals surface area contributed by atoms with Gasteiger partial charge in [0, 0.05) is 7.05 Å². The zero-order valence-electron chi connectivity index (χ0n) is 22.4. The Hall–Kier alpha value is -1.22. The summed E-state index contributed by atoms with van der Waals surface area (Å²) in [4.78, 5) is 13.9. The smallest absolute Gasteiger partial charge is 0.184 e. The predicted molar refractivity (Wildman–Crippen MR) is 140 cm³/mol. The molecule has 0 aliphatic carbocycles. The van der Waals surface area contributed by atoms with Gasteiger partial charge in [0.15, 0.2) is 22.3 Å². The molecule has 2 heterocycles. The van der Waals surface area contributed by atoms with Crippen LogP contribution in [-0.2, 0) is 7.05 Å². The third kappa shape index (κ3) is 3.79. The Morgan fingerprint density at radius 2 is 1.03 bits per heavy atom. The predicted octanol–water partition coefficient (Wildman–Crippen LogP) is 7.47. The van der Waals surface area contributed by atoms with Crippen LogP contribution in [0, 0.1) is 0 Å². The summed E-state index contributed by atoms with van der Waals surface area (Å²) >= 11 is 0. The number of fused-ring (bicyclic) bond motifs is 1. The quantitative estimate of drug-likeness (QED) is 0.363. The third-order valence-electron chi connectivity index (χ3n) is 8.01. The van der Waals surface area contributed by atoms with Gasteiger partial charge in [-0.3, -0.25) is 0 Å². The fraction of sp³-hybridized carbons (Fsp3) is 0.792. The molecule has 2 aliphatic heterocycles. The molecule has 0 saturated heterocycles.